The largest absolute Gasteiger partial charge is 0.303 e. The zero-order chi connectivity index (χ0) is 6.41. The van der Waals surface area contributed by atoms with Crippen molar-refractivity contribution >= 4 is 12.6 Å². The minimum Gasteiger partial charge on any atom is -0.303 e. The molecule has 0 aromatic heterocycles. The zero-order valence-electron chi connectivity index (χ0n) is 5.72. The first kappa shape index (κ1) is 12.0. The lowest BCUT2D eigenvalue weighted by atomic mass is 10.5. The van der Waals surface area contributed by atoms with Crippen molar-refractivity contribution in [2.24, 2.45) is 0 Å². The van der Waals surface area contributed by atoms with Gasteiger partial charge >= 0.3 is 0 Å². The van der Waals surface area contributed by atoms with Crippen LogP contribution in [0.2, 0.25) is 0 Å². The molecule has 0 amide bonds. The molecule has 0 heterocycles. The average Bonchev–Trinajstić information content (AvgIpc) is 1.83. The summed E-state index contributed by atoms with van der Waals surface area (Å²) >= 11 is 4.13. The van der Waals surface area contributed by atoms with Crippen LogP contribution in [0.4, 0.5) is 0 Å². The molecule has 0 saturated heterocycles. The van der Waals surface area contributed by atoms with Crippen molar-refractivity contribution in [2.75, 3.05) is 25.4 Å². The molecule has 0 atom stereocenters. The minimum atomic E-state index is 0. The summed E-state index contributed by atoms with van der Waals surface area (Å²) < 4.78 is 0. The molecule has 0 N–H and O–H groups in total. The molecule has 0 bridgehead atoms. The molecule has 0 radical (unpaired) electrons. The van der Waals surface area contributed by atoms with E-state index in [9.17, 15) is 0 Å². The first-order valence-electron chi connectivity index (χ1n) is 3.18. The summed E-state index contributed by atoms with van der Waals surface area (Å²) in [5, 5.41) is 0. The van der Waals surface area contributed by atoms with Crippen LogP contribution in [0.3, 0.4) is 0 Å². The van der Waals surface area contributed by atoms with Gasteiger partial charge in [0.25, 0.3) is 0 Å². The van der Waals surface area contributed by atoms with E-state index in [4.69, 9.17) is 0 Å². The maximum absolute atomic E-state index is 4.13. The molecular formula is C7H19NS. The zero-order valence-corrected chi connectivity index (χ0v) is 6.62. The quantitative estimate of drug-likeness (QED) is 0.597. The number of thiol groups is 1. The van der Waals surface area contributed by atoms with Crippen LogP contribution in [0.15, 0.2) is 0 Å². The lowest BCUT2D eigenvalue weighted by Crippen LogP contribution is -2.24. The lowest BCUT2D eigenvalue weighted by Gasteiger charge is -2.15. The summed E-state index contributed by atoms with van der Waals surface area (Å²) in [6, 6.07) is 0. The Bertz CT molecular complexity index is 44.2. The van der Waals surface area contributed by atoms with Gasteiger partial charge in [0.2, 0.25) is 0 Å². The van der Waals surface area contributed by atoms with E-state index in [0.717, 1.165) is 25.4 Å². The van der Waals surface area contributed by atoms with E-state index in [-0.39, 0.29) is 7.43 Å². The van der Waals surface area contributed by atoms with E-state index in [2.05, 4.69) is 31.4 Å². The summed E-state index contributed by atoms with van der Waals surface area (Å²) in [7, 11) is 0. The second kappa shape index (κ2) is 8.31. The van der Waals surface area contributed by atoms with Crippen LogP contribution >= 0.6 is 12.6 Å². The molecule has 0 fully saturated rings. The van der Waals surface area contributed by atoms with Crippen molar-refractivity contribution in [1.29, 1.82) is 0 Å². The second-order valence-corrected chi connectivity index (χ2v) is 2.20. The summed E-state index contributed by atoms with van der Waals surface area (Å²) in [6.07, 6.45) is 0. The third-order valence-corrected chi connectivity index (χ3v) is 1.51. The van der Waals surface area contributed by atoms with Crippen LogP contribution in [-0.2, 0) is 0 Å². The first-order valence-corrected chi connectivity index (χ1v) is 3.81. The van der Waals surface area contributed by atoms with Crippen LogP contribution in [0.5, 0.6) is 0 Å². The Morgan fingerprint density at radius 2 is 1.67 bits per heavy atom. The van der Waals surface area contributed by atoms with Gasteiger partial charge in [0.05, 0.1) is 0 Å². The summed E-state index contributed by atoms with van der Waals surface area (Å²) in [6.45, 7) is 7.77. The average molecular weight is 149 g/mol. The van der Waals surface area contributed by atoms with Crippen molar-refractivity contribution in [1.82, 2.24) is 4.90 Å². The molecule has 2 heteroatoms. The fourth-order valence-electron chi connectivity index (χ4n) is 0.681. The fourth-order valence-corrected chi connectivity index (χ4v) is 0.964. The molecule has 0 aliphatic heterocycles. The van der Waals surface area contributed by atoms with Gasteiger partial charge in [0.15, 0.2) is 0 Å². The summed E-state index contributed by atoms with van der Waals surface area (Å²) in [5.41, 5.74) is 0. The maximum atomic E-state index is 4.13. The van der Waals surface area contributed by atoms with Gasteiger partial charge in [0.1, 0.15) is 0 Å². The molecule has 0 aromatic carbocycles. The molecule has 0 unspecified atom stereocenters. The van der Waals surface area contributed by atoms with Crippen molar-refractivity contribution in [3.8, 4) is 0 Å². The van der Waals surface area contributed by atoms with Crippen molar-refractivity contribution in [3.05, 3.63) is 0 Å². The molecular weight excluding hydrogens is 130 g/mol. The van der Waals surface area contributed by atoms with Gasteiger partial charge in [-0.15, -0.1) is 0 Å². The predicted molar refractivity (Wildman–Crippen MR) is 48.4 cm³/mol. The lowest BCUT2D eigenvalue weighted by molar-refractivity contribution is 0.324. The fraction of sp³-hybridized carbons (Fsp3) is 1.00. The van der Waals surface area contributed by atoms with Crippen LogP contribution in [-0.4, -0.2) is 30.3 Å². The standard InChI is InChI=1S/C6H15NS.CH4/c1-3-7(4-2)5-6-8;/h8H,3-6H2,1-2H3;1H4. The van der Waals surface area contributed by atoms with Crippen LogP contribution < -0.4 is 0 Å². The van der Waals surface area contributed by atoms with E-state index < -0.39 is 0 Å². The number of hydrogen-bond acceptors (Lipinski definition) is 2. The van der Waals surface area contributed by atoms with E-state index in [1.54, 1.807) is 0 Å². The Morgan fingerprint density at radius 3 is 1.78 bits per heavy atom. The molecule has 0 rings (SSSR count). The summed E-state index contributed by atoms with van der Waals surface area (Å²) in [5.74, 6) is 0.974. The third kappa shape index (κ3) is 6.19. The van der Waals surface area contributed by atoms with Gasteiger partial charge in [-0.3, -0.25) is 0 Å². The SMILES string of the molecule is C.CCN(CC)CCS. The monoisotopic (exact) mass is 149 g/mol. The van der Waals surface area contributed by atoms with Crippen LogP contribution in [0.25, 0.3) is 0 Å². The Labute approximate surface area is 64.8 Å². The van der Waals surface area contributed by atoms with Crippen molar-refractivity contribution in [2.45, 2.75) is 21.3 Å². The summed E-state index contributed by atoms with van der Waals surface area (Å²) in [4.78, 5) is 2.35. The number of nitrogens with zero attached hydrogens (tertiary/aromatic N) is 1. The van der Waals surface area contributed by atoms with Gasteiger partial charge < -0.3 is 4.90 Å². The normalized spacial score (nSPS) is 9.33. The van der Waals surface area contributed by atoms with Crippen molar-refractivity contribution < 1.29 is 0 Å². The van der Waals surface area contributed by atoms with E-state index >= 15 is 0 Å². The Morgan fingerprint density at radius 1 is 1.22 bits per heavy atom. The maximum Gasteiger partial charge on any atom is 0.00696 e. The molecule has 58 valence electrons. The highest BCUT2D eigenvalue weighted by Gasteiger charge is 1.93. The molecule has 9 heavy (non-hydrogen) atoms. The van der Waals surface area contributed by atoms with Crippen LogP contribution in [0.1, 0.15) is 21.3 Å². The Hall–Kier alpha value is 0.310. The Kier molecular flexibility index (Phi) is 11.1. The van der Waals surface area contributed by atoms with E-state index in [1.165, 1.54) is 0 Å². The Balaban J connectivity index is 0. The van der Waals surface area contributed by atoms with Gasteiger partial charge in [-0.1, -0.05) is 21.3 Å². The molecule has 1 nitrogen and oxygen atoms in total. The van der Waals surface area contributed by atoms with Gasteiger partial charge in [-0.05, 0) is 13.1 Å². The third-order valence-electron chi connectivity index (χ3n) is 1.31. The number of rotatable bonds is 4. The van der Waals surface area contributed by atoms with E-state index in [1.807, 2.05) is 0 Å². The van der Waals surface area contributed by atoms with Gasteiger partial charge in [0, 0.05) is 12.3 Å². The molecule has 0 aliphatic rings. The first-order chi connectivity index (χ1) is 3.85. The molecule has 0 aromatic rings. The highest BCUT2D eigenvalue weighted by Crippen LogP contribution is 1.86. The van der Waals surface area contributed by atoms with Crippen LogP contribution in [0, 0.1) is 0 Å². The second-order valence-electron chi connectivity index (χ2n) is 1.75. The van der Waals surface area contributed by atoms with Crippen molar-refractivity contribution in [3.63, 3.8) is 0 Å². The minimum absolute atomic E-state index is 0. The van der Waals surface area contributed by atoms with Gasteiger partial charge in [-0.2, -0.15) is 12.6 Å². The highest BCUT2D eigenvalue weighted by atomic mass is 32.1. The van der Waals surface area contributed by atoms with E-state index in [0.29, 0.717) is 0 Å². The van der Waals surface area contributed by atoms with Gasteiger partial charge in [-0.25, -0.2) is 0 Å². The topological polar surface area (TPSA) is 3.24 Å². The number of hydrogen-bond donors (Lipinski definition) is 1. The molecule has 0 aliphatic carbocycles. The molecule has 0 saturated carbocycles. The molecule has 0 spiro atoms. The predicted octanol–water partition coefficient (Wildman–Crippen LogP) is 1.89. The highest BCUT2D eigenvalue weighted by molar-refractivity contribution is 7.80. The smallest absolute Gasteiger partial charge is 0.00696 e.